The van der Waals surface area contributed by atoms with Crippen molar-refractivity contribution in [1.82, 2.24) is 10.3 Å². The lowest BCUT2D eigenvalue weighted by atomic mass is 9.86. The van der Waals surface area contributed by atoms with Crippen LogP contribution in [-0.4, -0.2) is 28.0 Å². The molecule has 2 N–H and O–H groups in total. The van der Waals surface area contributed by atoms with E-state index in [2.05, 4.69) is 10.3 Å². The van der Waals surface area contributed by atoms with E-state index in [9.17, 15) is 14.7 Å². The number of nitrogens with one attached hydrogen (secondary N) is 1. The normalized spacial score (nSPS) is 21.0. The molecule has 140 valence electrons. The minimum atomic E-state index is -0.824. The number of aliphatic carboxylic acids is 1. The second-order valence-electron chi connectivity index (χ2n) is 6.79. The van der Waals surface area contributed by atoms with E-state index in [4.69, 9.17) is 4.42 Å². The molecule has 1 saturated carbocycles. The number of amides is 1. The van der Waals surface area contributed by atoms with Gasteiger partial charge >= 0.3 is 5.97 Å². The van der Waals surface area contributed by atoms with Crippen LogP contribution >= 0.6 is 11.3 Å². The zero-order valence-corrected chi connectivity index (χ0v) is 15.7. The van der Waals surface area contributed by atoms with Crippen LogP contribution in [0.1, 0.15) is 50.0 Å². The molecule has 2 heterocycles. The Balaban J connectivity index is 1.66. The van der Waals surface area contributed by atoms with Gasteiger partial charge in [0.2, 0.25) is 11.8 Å². The molecule has 2 aromatic rings. The van der Waals surface area contributed by atoms with Gasteiger partial charge in [0.1, 0.15) is 5.76 Å². The number of carbonyl (C=O) groups excluding carboxylic acids is 1. The fourth-order valence-corrected chi connectivity index (χ4v) is 4.11. The lowest BCUT2D eigenvalue weighted by molar-refractivity contribution is -0.143. The van der Waals surface area contributed by atoms with Crippen molar-refractivity contribution in [2.45, 2.75) is 57.9 Å². The number of oxazole rings is 1. The average molecular weight is 376 g/mol. The summed E-state index contributed by atoms with van der Waals surface area (Å²) >= 11 is 1.53. The quantitative estimate of drug-likeness (QED) is 0.828. The van der Waals surface area contributed by atoms with E-state index in [1.807, 2.05) is 17.5 Å². The maximum Gasteiger partial charge on any atom is 0.308 e. The van der Waals surface area contributed by atoms with Crippen molar-refractivity contribution < 1.29 is 19.1 Å². The molecule has 1 amide bonds. The molecule has 2 atom stereocenters. The highest BCUT2D eigenvalue weighted by molar-refractivity contribution is 7.13. The molecule has 2 aromatic heterocycles. The van der Waals surface area contributed by atoms with Gasteiger partial charge in [0.15, 0.2) is 0 Å². The highest BCUT2D eigenvalue weighted by Gasteiger charge is 2.30. The average Bonchev–Trinajstić information content (AvgIpc) is 3.20. The van der Waals surface area contributed by atoms with Gasteiger partial charge in [0.05, 0.1) is 22.9 Å². The van der Waals surface area contributed by atoms with Crippen molar-refractivity contribution in [2.75, 3.05) is 0 Å². The number of carboxylic acid groups (broad SMARTS) is 1. The van der Waals surface area contributed by atoms with Gasteiger partial charge in [-0.15, -0.1) is 11.3 Å². The Hall–Kier alpha value is -2.15. The lowest BCUT2D eigenvalue weighted by Gasteiger charge is -2.27. The van der Waals surface area contributed by atoms with E-state index in [-0.39, 0.29) is 18.4 Å². The molecule has 2 unspecified atom stereocenters. The fraction of sp³-hybridized carbons (Fsp3) is 0.526. The molecule has 0 aromatic carbocycles. The van der Waals surface area contributed by atoms with Crippen molar-refractivity contribution in [3.05, 3.63) is 29.0 Å². The largest absolute Gasteiger partial charge is 0.481 e. The molecule has 26 heavy (non-hydrogen) atoms. The summed E-state index contributed by atoms with van der Waals surface area (Å²) in [4.78, 5) is 29.5. The standard InChI is InChI=1S/C19H24N2O4S/c1-12-15(21-18(25-12)16-9-6-10-26-16)11-17(22)20-14-8-5-3-2-4-7-13(14)19(23)24/h6,9-10,13-14H,2-5,7-8,11H2,1H3,(H,20,22)(H,23,24). The molecule has 1 aliphatic carbocycles. The minimum Gasteiger partial charge on any atom is -0.481 e. The Labute approximate surface area is 156 Å². The zero-order valence-electron chi connectivity index (χ0n) is 14.9. The summed E-state index contributed by atoms with van der Waals surface area (Å²) in [5.74, 6) is -0.393. The van der Waals surface area contributed by atoms with Crippen LogP contribution in [0.3, 0.4) is 0 Å². The molecule has 0 saturated heterocycles. The van der Waals surface area contributed by atoms with Crippen LogP contribution in [0.2, 0.25) is 0 Å². The smallest absolute Gasteiger partial charge is 0.308 e. The van der Waals surface area contributed by atoms with Crippen LogP contribution in [0.15, 0.2) is 21.9 Å². The van der Waals surface area contributed by atoms with Crippen molar-refractivity contribution in [3.8, 4) is 10.8 Å². The molecular weight excluding hydrogens is 352 g/mol. The molecule has 1 fully saturated rings. The summed E-state index contributed by atoms with van der Waals surface area (Å²) in [7, 11) is 0. The molecule has 7 heteroatoms. The van der Waals surface area contributed by atoms with Gasteiger partial charge in [-0.3, -0.25) is 9.59 Å². The van der Waals surface area contributed by atoms with Crippen molar-refractivity contribution in [3.63, 3.8) is 0 Å². The van der Waals surface area contributed by atoms with E-state index >= 15 is 0 Å². The minimum absolute atomic E-state index is 0.101. The van der Waals surface area contributed by atoms with Crippen molar-refractivity contribution in [2.24, 2.45) is 5.92 Å². The fourth-order valence-electron chi connectivity index (χ4n) is 3.46. The molecule has 6 nitrogen and oxygen atoms in total. The first-order valence-corrected chi connectivity index (χ1v) is 9.95. The number of aromatic nitrogens is 1. The molecule has 0 aliphatic heterocycles. The monoisotopic (exact) mass is 376 g/mol. The van der Waals surface area contributed by atoms with Crippen LogP contribution in [0.25, 0.3) is 10.8 Å². The molecule has 0 bridgehead atoms. The summed E-state index contributed by atoms with van der Waals surface area (Å²) in [6, 6.07) is 3.53. The number of nitrogens with zero attached hydrogens (tertiary/aromatic N) is 1. The summed E-state index contributed by atoms with van der Waals surface area (Å²) in [5, 5.41) is 14.4. The maximum absolute atomic E-state index is 12.5. The van der Waals surface area contributed by atoms with Crippen LogP contribution in [0, 0.1) is 12.8 Å². The second kappa shape index (κ2) is 8.49. The third-order valence-corrected chi connectivity index (χ3v) is 5.74. The summed E-state index contributed by atoms with van der Waals surface area (Å²) in [5.41, 5.74) is 0.601. The Kier molecular flexibility index (Phi) is 6.08. The molecule has 1 aliphatic rings. The van der Waals surface area contributed by atoms with Gasteiger partial charge < -0.3 is 14.8 Å². The second-order valence-corrected chi connectivity index (χ2v) is 7.73. The predicted molar refractivity (Wildman–Crippen MR) is 99.0 cm³/mol. The first-order valence-electron chi connectivity index (χ1n) is 9.07. The first kappa shape index (κ1) is 18.6. The first-order chi connectivity index (χ1) is 12.5. The van der Waals surface area contributed by atoms with Gasteiger partial charge in [-0.1, -0.05) is 31.7 Å². The molecule has 3 rings (SSSR count). The summed E-state index contributed by atoms with van der Waals surface area (Å²) < 4.78 is 5.67. The number of aryl methyl sites for hydroxylation is 1. The Morgan fingerprint density at radius 1 is 1.31 bits per heavy atom. The number of carbonyl (C=O) groups is 2. The maximum atomic E-state index is 12.5. The van der Waals surface area contributed by atoms with Gasteiger partial charge in [0.25, 0.3) is 0 Å². The van der Waals surface area contributed by atoms with E-state index in [0.717, 1.165) is 30.6 Å². The Morgan fingerprint density at radius 2 is 2.08 bits per heavy atom. The van der Waals surface area contributed by atoms with Gasteiger partial charge in [-0.2, -0.15) is 0 Å². The zero-order chi connectivity index (χ0) is 18.5. The summed E-state index contributed by atoms with van der Waals surface area (Å²) in [6.45, 7) is 1.79. The van der Waals surface area contributed by atoms with Crippen molar-refractivity contribution in [1.29, 1.82) is 0 Å². The van der Waals surface area contributed by atoms with E-state index in [1.165, 1.54) is 11.3 Å². The number of carboxylic acids is 1. The molecular formula is C19H24N2O4S. The number of thiophene rings is 1. The number of rotatable bonds is 5. The van der Waals surface area contributed by atoms with E-state index in [0.29, 0.717) is 30.2 Å². The van der Waals surface area contributed by atoms with E-state index < -0.39 is 11.9 Å². The molecule has 0 radical (unpaired) electrons. The van der Waals surface area contributed by atoms with Crippen LogP contribution in [0.4, 0.5) is 0 Å². The third-order valence-electron chi connectivity index (χ3n) is 4.88. The van der Waals surface area contributed by atoms with Crippen LogP contribution in [0.5, 0.6) is 0 Å². The van der Waals surface area contributed by atoms with Gasteiger partial charge in [0, 0.05) is 6.04 Å². The Morgan fingerprint density at radius 3 is 2.77 bits per heavy atom. The lowest BCUT2D eigenvalue weighted by Crippen LogP contribution is -2.44. The van der Waals surface area contributed by atoms with Gasteiger partial charge in [-0.25, -0.2) is 4.98 Å². The highest BCUT2D eigenvalue weighted by Crippen LogP contribution is 2.26. The predicted octanol–water partition coefficient (Wildman–Crippen LogP) is 3.79. The SMILES string of the molecule is Cc1oc(-c2cccs2)nc1CC(=O)NC1CCCCCCC1C(=O)O. The summed E-state index contributed by atoms with van der Waals surface area (Å²) in [6.07, 6.45) is 5.42. The van der Waals surface area contributed by atoms with Crippen LogP contribution in [-0.2, 0) is 16.0 Å². The third kappa shape index (κ3) is 4.52. The topological polar surface area (TPSA) is 92.4 Å². The highest BCUT2D eigenvalue weighted by atomic mass is 32.1. The van der Waals surface area contributed by atoms with Gasteiger partial charge in [-0.05, 0) is 31.2 Å². The number of hydrogen-bond acceptors (Lipinski definition) is 5. The van der Waals surface area contributed by atoms with Crippen molar-refractivity contribution >= 4 is 23.2 Å². The van der Waals surface area contributed by atoms with Crippen LogP contribution < -0.4 is 5.32 Å². The molecule has 0 spiro atoms. The van der Waals surface area contributed by atoms with E-state index in [1.54, 1.807) is 6.92 Å². The number of hydrogen-bond donors (Lipinski definition) is 2. The Bertz CT molecular complexity index is 754.